The van der Waals surface area contributed by atoms with Crippen LogP contribution in [0.3, 0.4) is 0 Å². The average molecular weight is 641 g/mol. The Bertz CT molecular complexity index is 1000. The predicted molar refractivity (Wildman–Crippen MR) is 154 cm³/mol. The highest BCUT2D eigenvalue weighted by molar-refractivity contribution is 7.46. The van der Waals surface area contributed by atoms with Gasteiger partial charge in [-0.25, -0.2) is 9.13 Å². The lowest BCUT2D eigenvalue weighted by Crippen LogP contribution is -2.44. The lowest BCUT2D eigenvalue weighted by Gasteiger charge is -2.30. The molecule has 0 unspecified atom stereocenters. The van der Waals surface area contributed by atoms with Gasteiger partial charge in [0.05, 0.1) is 0 Å². The number of hydrogen-bond donors (Lipinski definition) is 4. The van der Waals surface area contributed by atoms with Crippen molar-refractivity contribution in [2.24, 2.45) is 0 Å². The number of carbonyl (C=O) groups is 4. The third kappa shape index (κ3) is 18.5. The standard InChI is InChI=1S/C13H23N2O6P.C11H19N2O6P/c1-5-12(16)14(7-3)9-11(21-22(18,19)20)10-15(8-4)13(17)6-2;1-5-10(14)12(3)7-9(19-20(16,17)18)8-13(4)11(15)6-2/h5-6,11H,1-2,7-10H2,3-4H3,(H2,18,19,20);5-6,9H,1-2,7-8H2,3-4H3,(H2,16,17,18). The normalized spacial score (nSPS) is 11.1. The number of phosphoric ester groups is 2. The van der Waals surface area contributed by atoms with E-state index < -0.39 is 39.7 Å². The predicted octanol–water partition coefficient (Wildman–Crippen LogP) is 0.286. The zero-order valence-electron chi connectivity index (χ0n) is 24.3. The van der Waals surface area contributed by atoms with Gasteiger partial charge in [0.2, 0.25) is 23.6 Å². The summed E-state index contributed by atoms with van der Waals surface area (Å²) in [5, 5.41) is 0. The fraction of sp³-hybridized carbons (Fsp3) is 0.500. The van der Waals surface area contributed by atoms with Crippen LogP contribution in [0, 0.1) is 0 Å². The highest BCUT2D eigenvalue weighted by atomic mass is 31.2. The molecule has 0 fully saturated rings. The molecular formula is C24H42N4O12P2. The summed E-state index contributed by atoms with van der Waals surface area (Å²) in [7, 11) is -6.65. The van der Waals surface area contributed by atoms with E-state index in [4.69, 9.17) is 24.1 Å². The van der Waals surface area contributed by atoms with Crippen molar-refractivity contribution in [3.05, 3.63) is 50.6 Å². The van der Waals surface area contributed by atoms with Crippen LogP contribution in [0.4, 0.5) is 0 Å². The second kappa shape index (κ2) is 20.1. The Morgan fingerprint density at radius 2 is 0.881 bits per heavy atom. The van der Waals surface area contributed by atoms with Gasteiger partial charge in [0.1, 0.15) is 12.2 Å². The van der Waals surface area contributed by atoms with Crippen LogP contribution in [0.25, 0.3) is 0 Å². The summed E-state index contributed by atoms with van der Waals surface area (Å²) in [6.45, 7) is 17.0. The van der Waals surface area contributed by atoms with Crippen LogP contribution in [0.15, 0.2) is 50.6 Å². The van der Waals surface area contributed by atoms with Gasteiger partial charge in [-0.1, -0.05) is 26.3 Å². The summed E-state index contributed by atoms with van der Waals surface area (Å²) in [6.07, 6.45) is 2.25. The molecule has 240 valence electrons. The molecule has 0 heterocycles. The molecule has 42 heavy (non-hydrogen) atoms. The van der Waals surface area contributed by atoms with Crippen LogP contribution in [-0.2, 0) is 37.4 Å². The van der Waals surface area contributed by atoms with Crippen molar-refractivity contribution in [3.8, 4) is 0 Å². The molecule has 0 atom stereocenters. The van der Waals surface area contributed by atoms with Crippen LogP contribution in [-0.4, -0.2) is 128 Å². The second-order valence-corrected chi connectivity index (χ2v) is 10.8. The van der Waals surface area contributed by atoms with Gasteiger partial charge < -0.3 is 39.2 Å². The van der Waals surface area contributed by atoms with E-state index in [-0.39, 0.29) is 38.0 Å². The summed E-state index contributed by atoms with van der Waals surface area (Å²) >= 11 is 0. The number of carbonyl (C=O) groups excluding carboxylic acids is 4. The molecule has 0 saturated heterocycles. The zero-order chi connectivity index (χ0) is 33.3. The van der Waals surface area contributed by atoms with E-state index in [0.29, 0.717) is 13.1 Å². The summed E-state index contributed by atoms with van der Waals surface area (Å²) in [4.78, 5) is 86.7. The van der Waals surface area contributed by atoms with Gasteiger partial charge in [-0.3, -0.25) is 28.2 Å². The quantitative estimate of drug-likeness (QED) is 0.117. The molecular weight excluding hydrogens is 598 g/mol. The van der Waals surface area contributed by atoms with Crippen molar-refractivity contribution < 1.29 is 56.9 Å². The Morgan fingerprint density at radius 3 is 1.10 bits per heavy atom. The maximum Gasteiger partial charge on any atom is 0.469 e. The highest BCUT2D eigenvalue weighted by Gasteiger charge is 2.28. The molecule has 4 N–H and O–H groups in total. The first-order chi connectivity index (χ1) is 19.3. The van der Waals surface area contributed by atoms with E-state index in [1.807, 2.05) is 0 Å². The van der Waals surface area contributed by atoms with E-state index in [9.17, 15) is 28.3 Å². The fourth-order valence-corrected chi connectivity index (χ4v) is 4.28. The van der Waals surface area contributed by atoms with Crippen LogP contribution in [0.5, 0.6) is 0 Å². The molecule has 0 aromatic rings. The van der Waals surface area contributed by atoms with E-state index in [1.165, 1.54) is 33.7 Å². The summed E-state index contributed by atoms with van der Waals surface area (Å²) in [5.41, 5.74) is 0. The first kappa shape index (κ1) is 41.2. The number of amides is 4. The number of phosphoric acid groups is 2. The first-order valence-electron chi connectivity index (χ1n) is 12.3. The van der Waals surface area contributed by atoms with Crippen LogP contribution >= 0.6 is 15.6 Å². The van der Waals surface area contributed by atoms with E-state index >= 15 is 0 Å². The van der Waals surface area contributed by atoms with Gasteiger partial charge in [0, 0.05) is 53.4 Å². The number of nitrogens with zero attached hydrogens (tertiary/aromatic N) is 4. The largest absolute Gasteiger partial charge is 0.469 e. The molecule has 0 saturated carbocycles. The lowest BCUT2D eigenvalue weighted by atomic mass is 10.2. The topological polar surface area (TPSA) is 215 Å². The fourth-order valence-electron chi connectivity index (χ4n) is 3.24. The summed E-state index contributed by atoms with van der Waals surface area (Å²) in [5.74, 6) is -1.64. The molecule has 0 radical (unpaired) electrons. The Hall–Kier alpha value is -2.94. The molecule has 0 bridgehead atoms. The van der Waals surface area contributed by atoms with Crippen LogP contribution in [0.2, 0.25) is 0 Å². The smallest absolute Gasteiger partial charge is 0.340 e. The maximum atomic E-state index is 11.7. The summed E-state index contributed by atoms with van der Waals surface area (Å²) < 4.78 is 31.3. The third-order valence-electron chi connectivity index (χ3n) is 5.21. The van der Waals surface area contributed by atoms with Gasteiger partial charge >= 0.3 is 15.6 Å². The van der Waals surface area contributed by atoms with Gasteiger partial charge in [0.25, 0.3) is 0 Å². The van der Waals surface area contributed by atoms with Gasteiger partial charge in [-0.05, 0) is 38.2 Å². The molecule has 0 aliphatic carbocycles. The maximum absolute atomic E-state index is 11.7. The molecule has 0 aromatic heterocycles. The zero-order valence-corrected chi connectivity index (χ0v) is 26.1. The van der Waals surface area contributed by atoms with Gasteiger partial charge in [0.15, 0.2) is 0 Å². The highest BCUT2D eigenvalue weighted by Crippen LogP contribution is 2.38. The minimum atomic E-state index is -4.76. The van der Waals surface area contributed by atoms with E-state index in [2.05, 4.69) is 30.8 Å². The van der Waals surface area contributed by atoms with Crippen LogP contribution < -0.4 is 0 Å². The van der Waals surface area contributed by atoms with Gasteiger partial charge in [-0.2, -0.15) is 0 Å². The minimum Gasteiger partial charge on any atom is -0.340 e. The van der Waals surface area contributed by atoms with Crippen molar-refractivity contribution in [2.75, 3.05) is 53.4 Å². The van der Waals surface area contributed by atoms with Gasteiger partial charge in [-0.15, -0.1) is 0 Å². The Morgan fingerprint density at radius 1 is 0.619 bits per heavy atom. The molecule has 18 heteroatoms. The molecule has 0 aromatic carbocycles. The van der Waals surface area contributed by atoms with Crippen molar-refractivity contribution >= 4 is 39.3 Å². The van der Waals surface area contributed by atoms with E-state index in [0.717, 1.165) is 24.3 Å². The molecule has 0 aliphatic heterocycles. The molecule has 4 amide bonds. The molecule has 16 nitrogen and oxygen atoms in total. The number of likely N-dealkylation sites (N-methyl/N-ethyl adjacent to an activating group) is 4. The Labute approximate surface area is 246 Å². The SMILES string of the molecule is C=CC(=O)N(C)CC(CN(C)C(=O)C=C)OP(=O)(O)O.C=CC(=O)N(CC)CC(CN(CC)C(=O)C=C)OP(=O)(O)O. The molecule has 0 spiro atoms. The first-order valence-corrected chi connectivity index (χ1v) is 15.4. The molecule has 0 aliphatic rings. The van der Waals surface area contributed by atoms with Crippen molar-refractivity contribution in [3.63, 3.8) is 0 Å². The second-order valence-electron chi connectivity index (χ2n) is 8.44. The average Bonchev–Trinajstić information content (AvgIpc) is 2.90. The van der Waals surface area contributed by atoms with Crippen molar-refractivity contribution in [2.45, 2.75) is 26.1 Å². The number of rotatable bonds is 18. The Balaban J connectivity index is 0. The number of hydrogen-bond acceptors (Lipinski definition) is 8. The minimum absolute atomic E-state index is 0.0760. The third-order valence-corrected chi connectivity index (χ3v) is 6.36. The summed E-state index contributed by atoms with van der Waals surface area (Å²) in [6, 6.07) is 0. The molecule has 0 rings (SSSR count). The van der Waals surface area contributed by atoms with Crippen molar-refractivity contribution in [1.29, 1.82) is 0 Å². The Kier molecular flexibility index (Phi) is 19.7. The van der Waals surface area contributed by atoms with E-state index in [1.54, 1.807) is 13.8 Å². The lowest BCUT2D eigenvalue weighted by molar-refractivity contribution is -0.129. The van der Waals surface area contributed by atoms with Crippen LogP contribution in [0.1, 0.15) is 13.8 Å². The van der Waals surface area contributed by atoms with Crippen molar-refractivity contribution in [1.82, 2.24) is 19.6 Å². The monoisotopic (exact) mass is 640 g/mol.